The molecule has 2 fully saturated rings. The Hall–Kier alpha value is -2.37. The van der Waals surface area contributed by atoms with E-state index in [1.54, 1.807) is 6.92 Å². The van der Waals surface area contributed by atoms with E-state index in [1.165, 1.54) is 25.7 Å². The van der Waals surface area contributed by atoms with Crippen LogP contribution in [-0.2, 0) is 6.61 Å². The van der Waals surface area contributed by atoms with Gasteiger partial charge in [0.2, 0.25) is 11.7 Å². The van der Waals surface area contributed by atoms with Gasteiger partial charge in [-0.1, -0.05) is 18.0 Å². The molecule has 1 saturated heterocycles. The molecule has 2 atom stereocenters. The highest BCUT2D eigenvalue weighted by molar-refractivity contribution is 5.94. The molecular weight excluding hydrogens is 330 g/mol. The molecule has 138 valence electrons. The van der Waals surface area contributed by atoms with Gasteiger partial charge in [-0.15, -0.1) is 0 Å². The van der Waals surface area contributed by atoms with Gasteiger partial charge in [0, 0.05) is 25.1 Å². The van der Waals surface area contributed by atoms with Crippen LogP contribution in [-0.4, -0.2) is 33.5 Å². The van der Waals surface area contributed by atoms with Crippen LogP contribution < -0.4 is 4.74 Å². The standard InChI is InChI=1S/C20H25N3O3/c1-14-21-19(22-26-14)13-25-17-10-8-16(9-11-17)20(24)23-12-4-6-15-5-2-3-7-18(15)23/h8-11,15,18H,2-7,12-13H2,1H3/t15-,18-/m0/s1. The number of aryl methyl sites for hydroxylation is 1. The smallest absolute Gasteiger partial charge is 0.254 e. The number of hydrogen-bond acceptors (Lipinski definition) is 5. The molecule has 1 aromatic carbocycles. The number of carbonyl (C=O) groups is 1. The fourth-order valence-electron chi connectivity index (χ4n) is 4.28. The number of aromatic nitrogens is 2. The Morgan fingerprint density at radius 3 is 2.73 bits per heavy atom. The lowest BCUT2D eigenvalue weighted by Gasteiger charge is -2.44. The lowest BCUT2D eigenvalue weighted by atomic mass is 9.78. The van der Waals surface area contributed by atoms with Crippen LogP contribution in [0.2, 0.25) is 0 Å². The normalized spacial score (nSPS) is 22.7. The monoisotopic (exact) mass is 355 g/mol. The van der Waals surface area contributed by atoms with Crippen molar-refractivity contribution in [2.24, 2.45) is 5.92 Å². The summed E-state index contributed by atoms with van der Waals surface area (Å²) in [6.45, 7) is 2.88. The Labute approximate surface area is 153 Å². The Balaban J connectivity index is 1.40. The van der Waals surface area contributed by atoms with Crippen LogP contribution in [0.4, 0.5) is 0 Å². The summed E-state index contributed by atoms with van der Waals surface area (Å²) < 4.78 is 10.6. The largest absolute Gasteiger partial charge is 0.485 e. The first kappa shape index (κ1) is 17.1. The Bertz CT molecular complexity index is 754. The fourth-order valence-corrected chi connectivity index (χ4v) is 4.28. The van der Waals surface area contributed by atoms with E-state index in [0.717, 1.165) is 24.9 Å². The van der Waals surface area contributed by atoms with E-state index in [0.29, 0.717) is 29.4 Å². The molecule has 0 spiro atoms. The number of rotatable bonds is 4. The lowest BCUT2D eigenvalue weighted by Crippen LogP contribution is -2.49. The number of likely N-dealkylation sites (tertiary alicyclic amines) is 1. The molecule has 0 bridgehead atoms. The summed E-state index contributed by atoms with van der Waals surface area (Å²) in [5.74, 6) is 2.58. The minimum atomic E-state index is 0.155. The molecule has 6 nitrogen and oxygen atoms in total. The van der Waals surface area contributed by atoms with Gasteiger partial charge in [0.05, 0.1) is 0 Å². The predicted octanol–water partition coefficient (Wildman–Crippen LogP) is 3.75. The zero-order chi connectivity index (χ0) is 17.9. The van der Waals surface area contributed by atoms with Crippen molar-refractivity contribution >= 4 is 5.91 Å². The molecule has 2 aliphatic rings. The molecule has 1 amide bonds. The summed E-state index contributed by atoms with van der Waals surface area (Å²) in [6, 6.07) is 7.81. The number of benzene rings is 1. The van der Waals surface area contributed by atoms with Crippen molar-refractivity contribution in [3.8, 4) is 5.75 Å². The highest BCUT2D eigenvalue weighted by Crippen LogP contribution is 2.36. The van der Waals surface area contributed by atoms with Crippen LogP contribution in [0.15, 0.2) is 28.8 Å². The van der Waals surface area contributed by atoms with E-state index in [1.807, 2.05) is 24.3 Å². The van der Waals surface area contributed by atoms with Gasteiger partial charge in [-0.3, -0.25) is 4.79 Å². The number of hydrogen-bond donors (Lipinski definition) is 0. The second kappa shape index (κ2) is 7.48. The van der Waals surface area contributed by atoms with Gasteiger partial charge < -0.3 is 14.2 Å². The van der Waals surface area contributed by atoms with Crippen molar-refractivity contribution in [3.63, 3.8) is 0 Å². The van der Waals surface area contributed by atoms with Crippen molar-refractivity contribution in [2.75, 3.05) is 6.54 Å². The summed E-state index contributed by atoms with van der Waals surface area (Å²) >= 11 is 0. The first-order chi connectivity index (χ1) is 12.7. The van der Waals surface area contributed by atoms with Gasteiger partial charge in [-0.05, 0) is 55.9 Å². The van der Waals surface area contributed by atoms with E-state index < -0.39 is 0 Å². The first-order valence-corrected chi connectivity index (χ1v) is 9.54. The molecule has 1 aliphatic carbocycles. The van der Waals surface area contributed by atoms with Crippen molar-refractivity contribution < 1.29 is 14.1 Å². The average molecular weight is 355 g/mol. The van der Waals surface area contributed by atoms with Crippen LogP contribution in [0.5, 0.6) is 5.75 Å². The van der Waals surface area contributed by atoms with E-state index in [9.17, 15) is 4.79 Å². The maximum absolute atomic E-state index is 13.0. The molecule has 1 aromatic heterocycles. The Morgan fingerprint density at radius 1 is 1.19 bits per heavy atom. The maximum Gasteiger partial charge on any atom is 0.254 e. The minimum Gasteiger partial charge on any atom is -0.485 e. The van der Waals surface area contributed by atoms with Crippen molar-refractivity contribution in [1.29, 1.82) is 0 Å². The third-order valence-corrected chi connectivity index (χ3v) is 5.54. The quantitative estimate of drug-likeness (QED) is 0.835. The number of amides is 1. The highest BCUT2D eigenvalue weighted by Gasteiger charge is 2.35. The third-order valence-electron chi connectivity index (χ3n) is 5.54. The molecule has 2 aromatic rings. The Morgan fingerprint density at radius 2 is 1.96 bits per heavy atom. The van der Waals surface area contributed by atoms with E-state index in [4.69, 9.17) is 9.26 Å². The second-order valence-electron chi connectivity index (χ2n) is 7.30. The molecule has 4 rings (SSSR count). The van der Waals surface area contributed by atoms with Gasteiger partial charge in [0.1, 0.15) is 5.75 Å². The molecule has 2 heterocycles. The zero-order valence-electron chi connectivity index (χ0n) is 15.2. The summed E-state index contributed by atoms with van der Waals surface area (Å²) in [6.07, 6.45) is 7.38. The molecule has 0 unspecified atom stereocenters. The summed E-state index contributed by atoms with van der Waals surface area (Å²) in [5, 5.41) is 3.80. The molecular formula is C20H25N3O3. The summed E-state index contributed by atoms with van der Waals surface area (Å²) in [7, 11) is 0. The first-order valence-electron chi connectivity index (χ1n) is 9.54. The molecule has 0 N–H and O–H groups in total. The molecule has 26 heavy (non-hydrogen) atoms. The molecule has 1 aliphatic heterocycles. The fraction of sp³-hybridized carbons (Fsp3) is 0.550. The van der Waals surface area contributed by atoms with Crippen LogP contribution in [0.1, 0.15) is 60.6 Å². The van der Waals surface area contributed by atoms with Gasteiger partial charge in [-0.25, -0.2) is 0 Å². The zero-order valence-corrected chi connectivity index (χ0v) is 15.2. The van der Waals surface area contributed by atoms with Gasteiger partial charge in [0.15, 0.2) is 6.61 Å². The second-order valence-corrected chi connectivity index (χ2v) is 7.30. The number of ether oxygens (including phenoxy) is 1. The van der Waals surface area contributed by atoms with Crippen LogP contribution in [0.3, 0.4) is 0 Å². The van der Waals surface area contributed by atoms with Crippen LogP contribution in [0, 0.1) is 12.8 Å². The van der Waals surface area contributed by atoms with Gasteiger partial charge >= 0.3 is 0 Å². The number of carbonyl (C=O) groups excluding carboxylic acids is 1. The summed E-state index contributed by atoms with van der Waals surface area (Å²) in [4.78, 5) is 19.2. The highest BCUT2D eigenvalue weighted by atomic mass is 16.5. The summed E-state index contributed by atoms with van der Waals surface area (Å²) in [5.41, 5.74) is 0.735. The van der Waals surface area contributed by atoms with Crippen LogP contribution in [0.25, 0.3) is 0 Å². The third kappa shape index (κ3) is 3.59. The van der Waals surface area contributed by atoms with Gasteiger partial charge in [0.25, 0.3) is 5.91 Å². The molecule has 0 radical (unpaired) electrons. The van der Waals surface area contributed by atoms with Crippen molar-refractivity contribution in [1.82, 2.24) is 15.0 Å². The van der Waals surface area contributed by atoms with Crippen LogP contribution >= 0.6 is 0 Å². The topological polar surface area (TPSA) is 68.5 Å². The Kier molecular flexibility index (Phi) is 4.91. The average Bonchev–Trinajstić information content (AvgIpc) is 3.11. The maximum atomic E-state index is 13.0. The lowest BCUT2D eigenvalue weighted by molar-refractivity contribution is 0.0390. The molecule has 6 heteroatoms. The number of piperidine rings is 1. The van der Waals surface area contributed by atoms with E-state index in [-0.39, 0.29) is 12.5 Å². The minimum absolute atomic E-state index is 0.155. The number of nitrogens with zero attached hydrogens (tertiary/aromatic N) is 3. The van der Waals surface area contributed by atoms with E-state index >= 15 is 0 Å². The number of fused-ring (bicyclic) bond motifs is 1. The van der Waals surface area contributed by atoms with Crippen molar-refractivity contribution in [2.45, 2.75) is 58.1 Å². The molecule has 1 saturated carbocycles. The SMILES string of the molecule is Cc1nc(COc2ccc(C(=O)N3CCC[C@@H]4CCCC[C@@H]43)cc2)no1. The van der Waals surface area contributed by atoms with E-state index in [2.05, 4.69) is 15.0 Å². The van der Waals surface area contributed by atoms with Crippen molar-refractivity contribution in [3.05, 3.63) is 41.5 Å². The van der Waals surface area contributed by atoms with Gasteiger partial charge in [-0.2, -0.15) is 4.98 Å². The predicted molar refractivity (Wildman–Crippen MR) is 95.8 cm³/mol.